The number of hydrogen-bond donors (Lipinski definition) is 1. The van der Waals surface area contributed by atoms with Gasteiger partial charge in [-0.15, -0.1) is 0 Å². The Balaban J connectivity index is 1.94. The summed E-state index contributed by atoms with van der Waals surface area (Å²) in [7, 11) is 0. The maximum atomic E-state index is 11.5. The largest absolute Gasteiger partial charge is 0.391 e. The number of hydrogen-bond acceptors (Lipinski definition) is 3. The lowest BCUT2D eigenvalue weighted by Crippen LogP contribution is -2.48. The molecule has 2 aliphatic carbocycles. The van der Waals surface area contributed by atoms with Gasteiger partial charge < -0.3 is 5.11 Å². The molecule has 0 aliphatic heterocycles. The molecule has 1 aromatic rings. The molecule has 27 heavy (non-hydrogen) atoms. The van der Waals surface area contributed by atoms with Crippen LogP contribution < -0.4 is 0 Å². The third kappa shape index (κ3) is 4.11. The van der Waals surface area contributed by atoms with E-state index in [2.05, 4.69) is 41.5 Å². The lowest BCUT2D eigenvalue weighted by Gasteiger charge is -2.50. The van der Waals surface area contributed by atoms with Crippen molar-refractivity contribution in [2.45, 2.75) is 111 Å². The van der Waals surface area contributed by atoms with E-state index in [9.17, 15) is 5.11 Å². The van der Waals surface area contributed by atoms with Gasteiger partial charge in [-0.3, -0.25) is 0 Å². The van der Waals surface area contributed by atoms with Crippen molar-refractivity contribution < 1.29 is 5.11 Å². The fourth-order valence-corrected chi connectivity index (χ4v) is 5.52. The van der Waals surface area contributed by atoms with Gasteiger partial charge in [0.1, 0.15) is 0 Å². The van der Waals surface area contributed by atoms with E-state index in [1.807, 2.05) is 4.80 Å². The molecular weight excluding hydrogens is 334 g/mol. The van der Waals surface area contributed by atoms with Crippen molar-refractivity contribution in [3.8, 4) is 0 Å². The first-order valence-corrected chi connectivity index (χ1v) is 11.3. The smallest absolute Gasteiger partial charge is 0.0980 e. The third-order valence-electron chi connectivity index (χ3n) is 7.94. The predicted octanol–water partition coefficient (Wildman–Crippen LogP) is 5.35. The van der Waals surface area contributed by atoms with Crippen molar-refractivity contribution in [2.75, 3.05) is 0 Å². The molecule has 154 valence electrons. The van der Waals surface area contributed by atoms with E-state index in [1.165, 1.54) is 30.7 Å². The van der Waals surface area contributed by atoms with E-state index < -0.39 is 0 Å². The first kappa shape index (κ1) is 20.8. The lowest BCUT2D eigenvalue weighted by molar-refractivity contribution is -0.0786. The molecule has 0 saturated heterocycles. The van der Waals surface area contributed by atoms with Crippen LogP contribution in [0.2, 0.25) is 0 Å². The van der Waals surface area contributed by atoms with Crippen molar-refractivity contribution in [1.82, 2.24) is 15.0 Å². The second-order valence-electron chi connectivity index (χ2n) is 10.5. The van der Waals surface area contributed by atoms with Crippen LogP contribution in [0.25, 0.3) is 0 Å². The molecular formula is C23H41N3O. The topological polar surface area (TPSA) is 50.9 Å². The summed E-state index contributed by atoms with van der Waals surface area (Å²) in [5.41, 5.74) is 2.78. The zero-order chi connectivity index (χ0) is 19.8. The minimum absolute atomic E-state index is 0.0151. The van der Waals surface area contributed by atoms with Crippen LogP contribution in [0.15, 0.2) is 0 Å². The summed E-state index contributed by atoms with van der Waals surface area (Å²) in [5.74, 6) is 0.898. The molecule has 1 heterocycles. The van der Waals surface area contributed by atoms with Gasteiger partial charge in [-0.1, -0.05) is 54.4 Å². The molecule has 4 heteroatoms. The minimum atomic E-state index is -0.357. The summed E-state index contributed by atoms with van der Waals surface area (Å²) in [6.07, 6.45) is 9.78. The first-order chi connectivity index (χ1) is 12.7. The minimum Gasteiger partial charge on any atom is -0.391 e. The molecule has 1 aromatic heterocycles. The van der Waals surface area contributed by atoms with Crippen LogP contribution in [0.1, 0.15) is 104 Å². The SMILES string of the molecule is CCCC(C)(C)C1CC(C(C)(C)CC)CC(n2nc3c(n2)CCCC3)C1O. The van der Waals surface area contributed by atoms with E-state index in [4.69, 9.17) is 10.2 Å². The van der Waals surface area contributed by atoms with Crippen LogP contribution in [0.4, 0.5) is 0 Å². The standard InChI is InChI=1S/C23H41N3O/c1-7-13-23(5,6)17-14-16(22(3,4)8-2)15-20(21(17)27)26-24-18-11-9-10-12-19(18)25-26/h16-17,20-21,27H,7-15H2,1-6H3. The number of aromatic nitrogens is 3. The molecule has 4 atom stereocenters. The van der Waals surface area contributed by atoms with Gasteiger partial charge in [0.05, 0.1) is 23.5 Å². The maximum absolute atomic E-state index is 11.5. The molecule has 1 N–H and O–H groups in total. The van der Waals surface area contributed by atoms with E-state index in [-0.39, 0.29) is 23.0 Å². The Bertz CT molecular complexity index is 610. The third-order valence-corrected chi connectivity index (χ3v) is 7.94. The lowest BCUT2D eigenvalue weighted by atomic mass is 9.58. The normalized spacial score (nSPS) is 29.6. The second kappa shape index (κ2) is 7.85. The van der Waals surface area contributed by atoms with Gasteiger partial charge in [-0.05, 0) is 67.6 Å². The van der Waals surface area contributed by atoms with Crippen LogP contribution in [0, 0.1) is 22.7 Å². The van der Waals surface area contributed by atoms with Crippen LogP contribution in [-0.4, -0.2) is 26.2 Å². The van der Waals surface area contributed by atoms with Crippen LogP contribution in [-0.2, 0) is 12.8 Å². The quantitative estimate of drug-likeness (QED) is 0.729. The number of rotatable bonds is 6. The average Bonchev–Trinajstić information content (AvgIpc) is 3.05. The fourth-order valence-electron chi connectivity index (χ4n) is 5.52. The highest BCUT2D eigenvalue weighted by Gasteiger charge is 2.48. The van der Waals surface area contributed by atoms with Gasteiger partial charge in [-0.2, -0.15) is 15.0 Å². The van der Waals surface area contributed by atoms with E-state index in [0.29, 0.717) is 11.8 Å². The highest BCUT2D eigenvalue weighted by molar-refractivity contribution is 5.12. The number of aryl methyl sites for hydroxylation is 2. The van der Waals surface area contributed by atoms with Crippen molar-refractivity contribution in [3.63, 3.8) is 0 Å². The Kier molecular flexibility index (Phi) is 6.05. The van der Waals surface area contributed by atoms with Crippen LogP contribution in [0.5, 0.6) is 0 Å². The summed E-state index contributed by atoms with van der Waals surface area (Å²) in [5, 5.41) is 21.2. The Morgan fingerprint density at radius 3 is 2.07 bits per heavy atom. The summed E-state index contributed by atoms with van der Waals surface area (Å²) in [6.45, 7) is 14.1. The van der Waals surface area contributed by atoms with Crippen molar-refractivity contribution in [1.29, 1.82) is 0 Å². The van der Waals surface area contributed by atoms with Crippen molar-refractivity contribution in [3.05, 3.63) is 11.4 Å². The zero-order valence-corrected chi connectivity index (χ0v) is 18.5. The molecule has 4 nitrogen and oxygen atoms in total. The molecule has 0 amide bonds. The van der Waals surface area contributed by atoms with E-state index in [0.717, 1.165) is 38.5 Å². The van der Waals surface area contributed by atoms with Gasteiger partial charge in [0.25, 0.3) is 0 Å². The number of nitrogens with zero attached hydrogens (tertiary/aromatic N) is 3. The van der Waals surface area contributed by atoms with Crippen molar-refractivity contribution >= 4 is 0 Å². The second-order valence-corrected chi connectivity index (χ2v) is 10.5. The molecule has 0 aromatic carbocycles. The zero-order valence-electron chi connectivity index (χ0n) is 18.5. The average molecular weight is 376 g/mol. The molecule has 0 bridgehead atoms. The van der Waals surface area contributed by atoms with Crippen LogP contribution >= 0.6 is 0 Å². The molecule has 1 saturated carbocycles. The van der Waals surface area contributed by atoms with Gasteiger partial charge >= 0.3 is 0 Å². The molecule has 1 fully saturated rings. The van der Waals surface area contributed by atoms with E-state index >= 15 is 0 Å². The molecule has 4 unspecified atom stereocenters. The monoisotopic (exact) mass is 375 g/mol. The molecule has 2 aliphatic rings. The maximum Gasteiger partial charge on any atom is 0.0980 e. The first-order valence-electron chi connectivity index (χ1n) is 11.3. The number of fused-ring (bicyclic) bond motifs is 1. The van der Waals surface area contributed by atoms with Gasteiger partial charge in [0, 0.05) is 0 Å². The van der Waals surface area contributed by atoms with Gasteiger partial charge in [0.2, 0.25) is 0 Å². The Morgan fingerprint density at radius 1 is 0.963 bits per heavy atom. The van der Waals surface area contributed by atoms with E-state index in [1.54, 1.807) is 0 Å². The van der Waals surface area contributed by atoms with Crippen molar-refractivity contribution in [2.24, 2.45) is 22.7 Å². The predicted molar refractivity (Wildman–Crippen MR) is 111 cm³/mol. The number of aliphatic hydroxyl groups is 1. The highest BCUT2D eigenvalue weighted by Crippen LogP contribution is 2.51. The fraction of sp³-hybridized carbons (Fsp3) is 0.913. The summed E-state index contributed by atoms with van der Waals surface area (Å²) in [4.78, 5) is 1.92. The summed E-state index contributed by atoms with van der Waals surface area (Å²) >= 11 is 0. The Hall–Kier alpha value is -0.900. The van der Waals surface area contributed by atoms with Crippen LogP contribution in [0.3, 0.4) is 0 Å². The van der Waals surface area contributed by atoms with Gasteiger partial charge in [-0.25, -0.2) is 0 Å². The number of aliphatic hydroxyl groups excluding tert-OH is 1. The molecule has 0 spiro atoms. The molecule has 0 radical (unpaired) electrons. The Morgan fingerprint density at radius 2 is 1.56 bits per heavy atom. The van der Waals surface area contributed by atoms with Gasteiger partial charge in [0.15, 0.2) is 0 Å². The molecule has 3 rings (SSSR count). The summed E-state index contributed by atoms with van der Waals surface area (Å²) < 4.78 is 0. The summed E-state index contributed by atoms with van der Waals surface area (Å²) in [6, 6.07) is 0.0151. The highest BCUT2D eigenvalue weighted by atomic mass is 16.3. The Labute approximate surface area is 166 Å².